The summed E-state index contributed by atoms with van der Waals surface area (Å²) in [5.41, 5.74) is 11.2. The first-order chi connectivity index (χ1) is 13.3. The van der Waals surface area contributed by atoms with Crippen molar-refractivity contribution in [3.8, 4) is 0 Å². The van der Waals surface area contributed by atoms with Crippen LogP contribution >= 0.6 is 22.9 Å². The minimum atomic E-state index is 0.0000177. The number of anilines is 2. The number of thiophene rings is 1. The summed E-state index contributed by atoms with van der Waals surface area (Å²) in [7, 11) is 0. The van der Waals surface area contributed by atoms with Crippen molar-refractivity contribution < 1.29 is 4.79 Å². The van der Waals surface area contributed by atoms with Crippen LogP contribution in [-0.4, -0.2) is 42.0 Å². The second kappa shape index (κ2) is 7.26. The molecule has 2 N–H and O–H groups in total. The number of nitrogens with two attached hydrogens (primary N) is 1. The van der Waals surface area contributed by atoms with Crippen molar-refractivity contribution in [2.45, 2.75) is 20.8 Å². The van der Waals surface area contributed by atoms with Crippen LogP contribution in [0.25, 0.3) is 10.2 Å². The smallest absolute Gasteiger partial charge is 0.266 e. The van der Waals surface area contributed by atoms with E-state index in [2.05, 4.69) is 16.8 Å². The third-order valence-electron chi connectivity index (χ3n) is 5.30. The lowest BCUT2D eigenvalue weighted by Crippen LogP contribution is -2.49. The Hall–Kier alpha value is -2.31. The number of carbonyl (C=O) groups is 1. The highest BCUT2D eigenvalue weighted by Crippen LogP contribution is 2.36. The highest BCUT2D eigenvalue weighted by molar-refractivity contribution is 7.21. The maximum absolute atomic E-state index is 13.1. The zero-order valence-corrected chi connectivity index (χ0v) is 17.8. The van der Waals surface area contributed by atoms with E-state index >= 15 is 0 Å². The Morgan fingerprint density at radius 2 is 1.82 bits per heavy atom. The van der Waals surface area contributed by atoms with E-state index in [1.807, 2.05) is 43.0 Å². The van der Waals surface area contributed by atoms with Gasteiger partial charge in [0.15, 0.2) is 0 Å². The average molecular weight is 415 g/mol. The zero-order valence-electron chi connectivity index (χ0n) is 16.3. The van der Waals surface area contributed by atoms with Crippen molar-refractivity contribution in [3.05, 3.63) is 51.0 Å². The summed E-state index contributed by atoms with van der Waals surface area (Å²) in [6.07, 6.45) is 0. The van der Waals surface area contributed by atoms with Gasteiger partial charge in [0, 0.05) is 48.0 Å². The van der Waals surface area contributed by atoms with Gasteiger partial charge in [-0.25, -0.2) is 4.98 Å². The SMILES string of the molecule is Cc1cc(C)c2c(N)c(C(=O)N3CCN(c4cc(Cl)ccc4C)CC3)sc2n1. The molecule has 146 valence electrons. The molecule has 0 radical (unpaired) electrons. The molecular weight excluding hydrogens is 392 g/mol. The van der Waals surface area contributed by atoms with Gasteiger partial charge in [-0.05, 0) is 50.1 Å². The monoisotopic (exact) mass is 414 g/mol. The predicted octanol–water partition coefficient (Wildman–Crippen LogP) is 4.42. The molecule has 0 aliphatic carbocycles. The highest BCUT2D eigenvalue weighted by Gasteiger charge is 2.27. The van der Waals surface area contributed by atoms with E-state index in [4.69, 9.17) is 17.3 Å². The van der Waals surface area contributed by atoms with Crippen LogP contribution in [0.15, 0.2) is 24.3 Å². The molecule has 1 aliphatic rings. The lowest BCUT2D eigenvalue weighted by atomic mass is 10.1. The zero-order chi connectivity index (χ0) is 20.0. The summed E-state index contributed by atoms with van der Waals surface area (Å²) in [5, 5.41) is 1.64. The molecule has 0 unspecified atom stereocenters. The Morgan fingerprint density at radius 1 is 1.11 bits per heavy atom. The first-order valence-electron chi connectivity index (χ1n) is 9.31. The molecule has 0 spiro atoms. The molecule has 3 aromatic rings. The topological polar surface area (TPSA) is 62.5 Å². The standard InChI is InChI=1S/C21H23ClN4OS/c1-12-4-5-15(22)11-16(12)25-6-8-26(9-7-25)21(27)19-18(23)17-13(2)10-14(3)24-20(17)28-19/h4-5,10-11H,6-9,23H2,1-3H3. The summed E-state index contributed by atoms with van der Waals surface area (Å²) < 4.78 is 0. The average Bonchev–Trinajstić information content (AvgIpc) is 2.99. The molecule has 5 nitrogen and oxygen atoms in total. The Labute approximate surface area is 173 Å². The van der Waals surface area contributed by atoms with Crippen LogP contribution in [-0.2, 0) is 0 Å². The van der Waals surface area contributed by atoms with Crippen LogP contribution in [0.2, 0.25) is 5.02 Å². The molecule has 2 aromatic heterocycles. The van der Waals surface area contributed by atoms with Gasteiger partial charge in [0.05, 0.1) is 5.69 Å². The molecule has 28 heavy (non-hydrogen) atoms. The van der Waals surface area contributed by atoms with Crippen LogP contribution in [0.1, 0.15) is 26.5 Å². The van der Waals surface area contributed by atoms with Gasteiger partial charge in [0.2, 0.25) is 0 Å². The van der Waals surface area contributed by atoms with Crippen molar-refractivity contribution >= 4 is 50.4 Å². The Kier molecular flexibility index (Phi) is 4.93. The number of hydrogen-bond acceptors (Lipinski definition) is 5. The Morgan fingerprint density at radius 3 is 2.54 bits per heavy atom. The molecule has 1 fully saturated rings. The molecule has 4 rings (SSSR count). The maximum atomic E-state index is 13.1. The van der Waals surface area contributed by atoms with Gasteiger partial charge in [0.1, 0.15) is 9.71 Å². The molecule has 1 aliphatic heterocycles. The van der Waals surface area contributed by atoms with E-state index in [0.29, 0.717) is 23.7 Å². The van der Waals surface area contributed by atoms with E-state index in [9.17, 15) is 4.79 Å². The van der Waals surface area contributed by atoms with Gasteiger partial charge in [0.25, 0.3) is 5.91 Å². The quantitative estimate of drug-likeness (QED) is 0.674. The van der Waals surface area contributed by atoms with Gasteiger partial charge >= 0.3 is 0 Å². The van der Waals surface area contributed by atoms with Crippen molar-refractivity contribution in [1.29, 1.82) is 0 Å². The molecule has 0 saturated carbocycles. The highest BCUT2D eigenvalue weighted by atomic mass is 35.5. The van der Waals surface area contributed by atoms with Gasteiger partial charge < -0.3 is 15.5 Å². The lowest BCUT2D eigenvalue weighted by Gasteiger charge is -2.36. The van der Waals surface area contributed by atoms with Crippen LogP contribution < -0.4 is 10.6 Å². The van der Waals surface area contributed by atoms with Crippen molar-refractivity contribution in [2.75, 3.05) is 36.8 Å². The number of nitrogen functional groups attached to an aromatic ring is 1. The minimum Gasteiger partial charge on any atom is -0.397 e. The molecule has 7 heteroatoms. The number of piperazine rings is 1. The lowest BCUT2D eigenvalue weighted by molar-refractivity contribution is 0.0752. The fourth-order valence-corrected chi connectivity index (χ4v) is 5.20. The van der Waals surface area contributed by atoms with Crippen LogP contribution in [0.4, 0.5) is 11.4 Å². The number of carbonyl (C=O) groups excluding carboxylic acids is 1. The van der Waals surface area contributed by atoms with Gasteiger partial charge in [-0.15, -0.1) is 11.3 Å². The number of amides is 1. The summed E-state index contributed by atoms with van der Waals surface area (Å²) in [4.78, 5) is 23.3. The van der Waals surface area contributed by atoms with E-state index in [-0.39, 0.29) is 5.91 Å². The normalized spacial score (nSPS) is 14.7. The Bertz CT molecular complexity index is 1070. The molecule has 0 bridgehead atoms. The molecular formula is C21H23ClN4OS. The summed E-state index contributed by atoms with van der Waals surface area (Å²) in [6.45, 7) is 8.91. The molecule has 1 saturated heterocycles. The first-order valence-corrected chi connectivity index (χ1v) is 10.5. The maximum Gasteiger partial charge on any atom is 0.266 e. The third-order valence-corrected chi connectivity index (χ3v) is 6.62. The fourth-order valence-electron chi connectivity index (χ4n) is 3.85. The van der Waals surface area contributed by atoms with Crippen molar-refractivity contribution in [2.24, 2.45) is 0 Å². The molecule has 3 heterocycles. The molecule has 0 atom stereocenters. The van der Waals surface area contributed by atoms with E-state index in [0.717, 1.165) is 45.3 Å². The van der Waals surface area contributed by atoms with Crippen molar-refractivity contribution in [3.63, 3.8) is 0 Å². The number of nitrogens with zero attached hydrogens (tertiary/aromatic N) is 3. The van der Waals surface area contributed by atoms with Crippen LogP contribution in [0, 0.1) is 20.8 Å². The predicted molar refractivity (Wildman–Crippen MR) is 118 cm³/mol. The number of aryl methyl sites for hydroxylation is 3. The van der Waals surface area contributed by atoms with E-state index in [1.165, 1.54) is 16.9 Å². The van der Waals surface area contributed by atoms with Gasteiger partial charge in [-0.2, -0.15) is 0 Å². The van der Waals surface area contributed by atoms with Crippen molar-refractivity contribution in [1.82, 2.24) is 9.88 Å². The number of aromatic nitrogens is 1. The second-order valence-electron chi connectivity index (χ2n) is 7.32. The van der Waals surface area contributed by atoms with Gasteiger partial charge in [-0.3, -0.25) is 4.79 Å². The largest absolute Gasteiger partial charge is 0.397 e. The number of fused-ring (bicyclic) bond motifs is 1. The molecule has 1 amide bonds. The number of halogens is 1. The van der Waals surface area contributed by atoms with Gasteiger partial charge in [-0.1, -0.05) is 17.7 Å². The second-order valence-corrected chi connectivity index (χ2v) is 8.75. The molecule has 1 aromatic carbocycles. The fraction of sp³-hybridized carbons (Fsp3) is 0.333. The number of rotatable bonds is 2. The number of benzene rings is 1. The number of hydrogen-bond donors (Lipinski definition) is 1. The number of pyridine rings is 1. The van der Waals surface area contributed by atoms with Crippen LogP contribution in [0.5, 0.6) is 0 Å². The summed E-state index contributed by atoms with van der Waals surface area (Å²) in [6, 6.07) is 7.94. The third kappa shape index (κ3) is 3.31. The van der Waals surface area contributed by atoms with Crippen LogP contribution in [0.3, 0.4) is 0 Å². The minimum absolute atomic E-state index is 0.0000177. The first kappa shape index (κ1) is 19.0. The van der Waals surface area contributed by atoms with E-state index in [1.54, 1.807) is 0 Å². The summed E-state index contributed by atoms with van der Waals surface area (Å²) >= 11 is 7.56. The Balaban J connectivity index is 1.55. The summed E-state index contributed by atoms with van der Waals surface area (Å²) in [5.74, 6) is 0.0000177. The van der Waals surface area contributed by atoms with E-state index < -0.39 is 0 Å².